The van der Waals surface area contributed by atoms with Gasteiger partial charge >= 0.3 is 5.97 Å². The Balaban J connectivity index is 2.91. The Hall–Kier alpha value is -2.10. The number of pyridine rings is 1. The predicted molar refractivity (Wildman–Crippen MR) is 57.9 cm³/mol. The van der Waals surface area contributed by atoms with Crippen LogP contribution < -0.4 is 5.73 Å². The molecule has 1 aromatic carbocycles. The van der Waals surface area contributed by atoms with Crippen molar-refractivity contribution in [3.05, 3.63) is 35.7 Å². The van der Waals surface area contributed by atoms with E-state index in [4.69, 9.17) is 10.8 Å². The third-order valence-electron chi connectivity index (χ3n) is 2.26. The molecule has 2 rings (SSSR count). The fraction of sp³-hybridized carbons (Fsp3) is 0.0909. The summed E-state index contributed by atoms with van der Waals surface area (Å²) in [5.41, 5.74) is 7.35. The van der Waals surface area contributed by atoms with E-state index in [1.54, 1.807) is 12.1 Å². The molecule has 0 saturated heterocycles. The molecule has 0 fully saturated rings. The molecule has 76 valence electrons. The third-order valence-corrected chi connectivity index (χ3v) is 2.26. The molecular weight excluding hydrogens is 192 g/mol. The van der Waals surface area contributed by atoms with Crippen LogP contribution in [0.25, 0.3) is 10.8 Å². The summed E-state index contributed by atoms with van der Waals surface area (Å²) < 4.78 is 0. The van der Waals surface area contributed by atoms with Crippen LogP contribution in [0.15, 0.2) is 24.4 Å². The highest BCUT2D eigenvalue weighted by molar-refractivity contribution is 6.05. The van der Waals surface area contributed by atoms with Gasteiger partial charge in [-0.25, -0.2) is 9.78 Å². The number of hydrogen-bond donors (Lipinski definition) is 2. The molecule has 0 amide bonds. The van der Waals surface area contributed by atoms with Gasteiger partial charge in [-0.15, -0.1) is 0 Å². The number of rotatable bonds is 1. The number of nitrogen functional groups attached to an aromatic ring is 1. The molecule has 2 aromatic rings. The summed E-state index contributed by atoms with van der Waals surface area (Å²) in [4.78, 5) is 14.8. The van der Waals surface area contributed by atoms with Crippen molar-refractivity contribution in [2.75, 3.05) is 5.73 Å². The smallest absolute Gasteiger partial charge is 0.355 e. The normalized spacial score (nSPS) is 10.5. The number of nitrogens with zero attached hydrogens (tertiary/aromatic N) is 1. The predicted octanol–water partition coefficient (Wildman–Crippen LogP) is 1.82. The molecule has 0 aliphatic rings. The number of aromatic carboxylic acids is 1. The number of nitrogens with two attached hydrogens (primary N) is 1. The minimum Gasteiger partial charge on any atom is -0.476 e. The van der Waals surface area contributed by atoms with Crippen molar-refractivity contribution in [2.45, 2.75) is 6.92 Å². The fourth-order valence-electron chi connectivity index (χ4n) is 1.63. The van der Waals surface area contributed by atoms with E-state index >= 15 is 0 Å². The summed E-state index contributed by atoms with van der Waals surface area (Å²) in [7, 11) is 0. The van der Waals surface area contributed by atoms with E-state index in [0.717, 1.165) is 10.9 Å². The average Bonchev–Trinajstić information content (AvgIpc) is 2.16. The molecule has 15 heavy (non-hydrogen) atoms. The van der Waals surface area contributed by atoms with Crippen molar-refractivity contribution >= 4 is 22.4 Å². The number of benzene rings is 1. The van der Waals surface area contributed by atoms with Crippen LogP contribution in [0.2, 0.25) is 0 Å². The van der Waals surface area contributed by atoms with Gasteiger partial charge in [0.25, 0.3) is 0 Å². The molecule has 0 aliphatic carbocycles. The minimum atomic E-state index is -1.04. The lowest BCUT2D eigenvalue weighted by atomic mass is 10.1. The van der Waals surface area contributed by atoms with Gasteiger partial charge in [-0.05, 0) is 30.7 Å². The highest BCUT2D eigenvalue weighted by Gasteiger charge is 2.11. The zero-order valence-corrected chi connectivity index (χ0v) is 8.19. The first-order chi connectivity index (χ1) is 7.09. The van der Waals surface area contributed by atoms with Crippen LogP contribution in [0.4, 0.5) is 5.69 Å². The van der Waals surface area contributed by atoms with Crippen molar-refractivity contribution in [3.8, 4) is 0 Å². The van der Waals surface area contributed by atoms with E-state index in [2.05, 4.69) is 4.98 Å². The molecule has 0 bridgehead atoms. The van der Waals surface area contributed by atoms with Gasteiger partial charge in [0.2, 0.25) is 0 Å². The maximum atomic E-state index is 10.9. The number of carboxylic acid groups (broad SMARTS) is 1. The lowest BCUT2D eigenvalue weighted by molar-refractivity contribution is 0.0693. The maximum absolute atomic E-state index is 10.9. The van der Waals surface area contributed by atoms with Gasteiger partial charge in [-0.2, -0.15) is 0 Å². The molecule has 0 radical (unpaired) electrons. The van der Waals surface area contributed by atoms with Crippen molar-refractivity contribution in [1.29, 1.82) is 0 Å². The Kier molecular flexibility index (Phi) is 2.04. The van der Waals surface area contributed by atoms with Crippen molar-refractivity contribution in [2.24, 2.45) is 0 Å². The van der Waals surface area contributed by atoms with Crippen LogP contribution >= 0.6 is 0 Å². The third kappa shape index (κ3) is 1.50. The van der Waals surface area contributed by atoms with Crippen LogP contribution in [0, 0.1) is 6.92 Å². The highest BCUT2D eigenvalue weighted by Crippen LogP contribution is 2.24. The minimum absolute atomic E-state index is 0.0444. The molecule has 4 nitrogen and oxygen atoms in total. The summed E-state index contributed by atoms with van der Waals surface area (Å²) in [6.45, 7) is 1.87. The first-order valence-corrected chi connectivity index (χ1v) is 4.47. The maximum Gasteiger partial charge on any atom is 0.355 e. The van der Waals surface area contributed by atoms with Crippen molar-refractivity contribution in [3.63, 3.8) is 0 Å². The summed E-state index contributed by atoms with van der Waals surface area (Å²) in [6, 6.07) is 5.31. The highest BCUT2D eigenvalue weighted by atomic mass is 16.4. The number of aryl methyl sites for hydroxylation is 1. The average molecular weight is 202 g/mol. The van der Waals surface area contributed by atoms with E-state index in [9.17, 15) is 4.79 Å². The number of fused-ring (bicyclic) bond motifs is 1. The second-order valence-electron chi connectivity index (χ2n) is 3.41. The van der Waals surface area contributed by atoms with Crippen molar-refractivity contribution in [1.82, 2.24) is 4.98 Å². The van der Waals surface area contributed by atoms with Gasteiger partial charge in [0, 0.05) is 22.7 Å². The Morgan fingerprint density at radius 3 is 2.80 bits per heavy atom. The van der Waals surface area contributed by atoms with Gasteiger partial charge in [0.15, 0.2) is 5.69 Å². The molecule has 0 spiro atoms. The largest absolute Gasteiger partial charge is 0.476 e. The second-order valence-corrected chi connectivity index (χ2v) is 3.41. The Morgan fingerprint density at radius 1 is 1.40 bits per heavy atom. The number of aromatic nitrogens is 1. The second kappa shape index (κ2) is 3.24. The lowest BCUT2D eigenvalue weighted by Gasteiger charge is -2.05. The summed E-state index contributed by atoms with van der Waals surface area (Å²) >= 11 is 0. The molecule has 4 heteroatoms. The van der Waals surface area contributed by atoms with E-state index in [1.807, 2.05) is 13.0 Å². The van der Waals surface area contributed by atoms with Gasteiger partial charge in [-0.1, -0.05) is 0 Å². The van der Waals surface area contributed by atoms with Crippen molar-refractivity contribution < 1.29 is 9.90 Å². The van der Waals surface area contributed by atoms with E-state index < -0.39 is 5.97 Å². The standard InChI is InChI=1S/C11H10N2O2/c1-6-4-8-7(9(12)5-6)2-3-13-10(8)11(14)15/h2-5H,12H2,1H3,(H,14,15). The molecular formula is C11H10N2O2. The molecule has 0 aliphatic heterocycles. The van der Waals surface area contributed by atoms with Gasteiger partial charge in [-0.3, -0.25) is 0 Å². The summed E-state index contributed by atoms with van der Waals surface area (Å²) in [6.07, 6.45) is 1.46. The molecule has 1 aromatic heterocycles. The quantitative estimate of drug-likeness (QED) is 0.691. The Morgan fingerprint density at radius 2 is 2.13 bits per heavy atom. The van der Waals surface area contributed by atoms with E-state index in [1.165, 1.54) is 6.20 Å². The van der Waals surface area contributed by atoms with Gasteiger partial charge in [0.1, 0.15) is 0 Å². The summed E-state index contributed by atoms with van der Waals surface area (Å²) in [5.74, 6) is -1.04. The fourth-order valence-corrected chi connectivity index (χ4v) is 1.63. The lowest BCUT2D eigenvalue weighted by Crippen LogP contribution is -2.02. The molecule has 0 unspecified atom stereocenters. The summed E-state index contributed by atoms with van der Waals surface area (Å²) in [5, 5.41) is 10.3. The molecule has 1 heterocycles. The zero-order chi connectivity index (χ0) is 11.0. The van der Waals surface area contributed by atoms with Crippen LogP contribution in [0.3, 0.4) is 0 Å². The Labute approximate surface area is 86.4 Å². The first kappa shape index (κ1) is 9.45. The van der Waals surface area contributed by atoms with Gasteiger partial charge < -0.3 is 10.8 Å². The molecule has 3 N–H and O–H groups in total. The number of hydrogen-bond acceptors (Lipinski definition) is 3. The van der Waals surface area contributed by atoms with Crippen LogP contribution in [-0.4, -0.2) is 16.1 Å². The van der Waals surface area contributed by atoms with Crippen LogP contribution in [-0.2, 0) is 0 Å². The monoisotopic (exact) mass is 202 g/mol. The van der Waals surface area contributed by atoms with E-state index in [0.29, 0.717) is 11.1 Å². The first-order valence-electron chi connectivity index (χ1n) is 4.47. The zero-order valence-electron chi connectivity index (χ0n) is 8.19. The topological polar surface area (TPSA) is 76.2 Å². The Bertz CT molecular complexity index is 550. The number of anilines is 1. The molecule has 0 atom stereocenters. The number of carboxylic acids is 1. The number of carbonyl (C=O) groups is 1. The molecule has 0 saturated carbocycles. The van der Waals surface area contributed by atoms with E-state index in [-0.39, 0.29) is 5.69 Å². The van der Waals surface area contributed by atoms with Crippen LogP contribution in [0.5, 0.6) is 0 Å². The van der Waals surface area contributed by atoms with Crippen LogP contribution in [0.1, 0.15) is 16.1 Å². The van der Waals surface area contributed by atoms with Gasteiger partial charge in [0.05, 0.1) is 0 Å². The SMILES string of the molecule is Cc1cc(N)c2ccnc(C(=O)O)c2c1.